The summed E-state index contributed by atoms with van der Waals surface area (Å²) in [7, 11) is 0. The zero-order valence-corrected chi connectivity index (χ0v) is 13.1. The van der Waals surface area contributed by atoms with Gasteiger partial charge in [-0.3, -0.25) is 0 Å². The van der Waals surface area contributed by atoms with E-state index < -0.39 is 0 Å². The molecule has 0 bridgehead atoms. The second-order valence-electron chi connectivity index (χ2n) is 5.04. The van der Waals surface area contributed by atoms with Gasteiger partial charge in [-0.05, 0) is 38.1 Å². The fourth-order valence-electron chi connectivity index (χ4n) is 2.51. The maximum Gasteiger partial charge on any atom is 0.130 e. The van der Waals surface area contributed by atoms with Gasteiger partial charge in [0.2, 0.25) is 0 Å². The molecule has 0 aliphatic rings. The zero-order chi connectivity index (χ0) is 15.4. The number of rotatable bonds is 5. The average molecular weight is 307 g/mol. The minimum atomic E-state index is -0.316. The van der Waals surface area contributed by atoms with Crippen LogP contribution in [0.5, 0.6) is 0 Å². The first-order valence-electron chi connectivity index (χ1n) is 7.05. The van der Waals surface area contributed by atoms with Gasteiger partial charge in [0.05, 0.1) is 6.04 Å². The fourth-order valence-corrected chi connectivity index (χ4v) is 2.67. The summed E-state index contributed by atoms with van der Waals surface area (Å²) < 4.78 is 14.2. The highest BCUT2D eigenvalue weighted by atomic mass is 35.5. The largest absolute Gasteiger partial charge is 0.363 e. The highest BCUT2D eigenvalue weighted by Crippen LogP contribution is 2.29. The van der Waals surface area contributed by atoms with Crippen molar-refractivity contribution in [1.29, 1.82) is 0 Å². The lowest BCUT2D eigenvalue weighted by Gasteiger charge is -2.32. The molecule has 0 aromatic heterocycles. The van der Waals surface area contributed by atoms with Gasteiger partial charge >= 0.3 is 0 Å². The van der Waals surface area contributed by atoms with Crippen LogP contribution in [0.3, 0.4) is 0 Å². The molecule has 2 N–H and O–H groups in total. The second kappa shape index (κ2) is 6.92. The molecule has 0 radical (unpaired) electrons. The van der Waals surface area contributed by atoms with Crippen molar-refractivity contribution in [2.24, 2.45) is 5.73 Å². The molecular weight excluding hydrogens is 287 g/mol. The standard InChI is InChI=1S/C17H20ClFN2/c1-3-21(14-7-4-12(2)5-8-14)17(11-20)15-9-6-13(18)10-16(15)19/h4-10,17H,3,11,20H2,1-2H3. The van der Waals surface area contributed by atoms with Gasteiger partial charge in [-0.1, -0.05) is 35.4 Å². The second-order valence-corrected chi connectivity index (χ2v) is 5.48. The molecule has 0 aliphatic heterocycles. The van der Waals surface area contributed by atoms with Crippen molar-refractivity contribution in [2.75, 3.05) is 18.0 Å². The smallest absolute Gasteiger partial charge is 0.130 e. The first-order valence-corrected chi connectivity index (χ1v) is 7.43. The van der Waals surface area contributed by atoms with Crippen LogP contribution < -0.4 is 10.6 Å². The predicted molar refractivity (Wildman–Crippen MR) is 87.4 cm³/mol. The Balaban J connectivity index is 2.39. The third-order valence-electron chi connectivity index (χ3n) is 3.63. The van der Waals surface area contributed by atoms with Crippen LogP contribution in [0.25, 0.3) is 0 Å². The first-order chi connectivity index (χ1) is 10.1. The minimum absolute atomic E-state index is 0.213. The van der Waals surface area contributed by atoms with Gasteiger partial charge in [-0.25, -0.2) is 4.39 Å². The number of hydrogen-bond donors (Lipinski definition) is 1. The molecule has 0 heterocycles. The summed E-state index contributed by atoms with van der Waals surface area (Å²) in [6.45, 7) is 5.16. The summed E-state index contributed by atoms with van der Waals surface area (Å²) in [5.41, 5.74) is 8.71. The molecule has 0 saturated heterocycles. The Bertz CT molecular complexity index is 598. The Morgan fingerprint density at radius 2 is 1.86 bits per heavy atom. The molecule has 2 nitrogen and oxygen atoms in total. The van der Waals surface area contributed by atoms with Crippen LogP contribution in [0.4, 0.5) is 10.1 Å². The van der Waals surface area contributed by atoms with Gasteiger partial charge in [0.15, 0.2) is 0 Å². The molecule has 0 amide bonds. The Morgan fingerprint density at radius 1 is 1.19 bits per heavy atom. The minimum Gasteiger partial charge on any atom is -0.363 e. The molecule has 1 unspecified atom stereocenters. The summed E-state index contributed by atoms with van der Waals surface area (Å²) in [6.07, 6.45) is 0. The van der Waals surface area contributed by atoms with Crippen LogP contribution in [0.2, 0.25) is 5.02 Å². The monoisotopic (exact) mass is 306 g/mol. The van der Waals surface area contributed by atoms with E-state index in [-0.39, 0.29) is 11.9 Å². The number of nitrogens with two attached hydrogens (primary N) is 1. The molecule has 112 valence electrons. The average Bonchev–Trinajstić information content (AvgIpc) is 2.47. The Kier molecular flexibility index (Phi) is 5.21. The van der Waals surface area contributed by atoms with Crippen molar-refractivity contribution >= 4 is 17.3 Å². The van der Waals surface area contributed by atoms with Crippen molar-refractivity contribution in [3.8, 4) is 0 Å². The maximum absolute atomic E-state index is 14.2. The van der Waals surface area contributed by atoms with E-state index in [0.29, 0.717) is 17.1 Å². The Labute approximate surface area is 130 Å². The van der Waals surface area contributed by atoms with Crippen molar-refractivity contribution in [3.05, 3.63) is 64.4 Å². The molecule has 1 atom stereocenters. The van der Waals surface area contributed by atoms with Crippen LogP contribution in [0.1, 0.15) is 24.1 Å². The third-order valence-corrected chi connectivity index (χ3v) is 3.86. The fraction of sp³-hybridized carbons (Fsp3) is 0.294. The number of hydrogen-bond acceptors (Lipinski definition) is 2. The van der Waals surface area contributed by atoms with E-state index in [9.17, 15) is 4.39 Å². The van der Waals surface area contributed by atoms with E-state index in [1.807, 2.05) is 38.1 Å². The molecular formula is C17H20ClFN2. The number of halogens is 2. The van der Waals surface area contributed by atoms with Crippen molar-refractivity contribution in [3.63, 3.8) is 0 Å². The molecule has 2 aromatic rings. The van der Waals surface area contributed by atoms with Crippen LogP contribution >= 0.6 is 11.6 Å². The summed E-state index contributed by atoms with van der Waals surface area (Å²) in [5.74, 6) is -0.316. The number of benzene rings is 2. The van der Waals surface area contributed by atoms with E-state index >= 15 is 0 Å². The van der Waals surface area contributed by atoms with Gasteiger partial charge in [-0.2, -0.15) is 0 Å². The highest BCUT2D eigenvalue weighted by molar-refractivity contribution is 6.30. The molecule has 4 heteroatoms. The lowest BCUT2D eigenvalue weighted by molar-refractivity contribution is 0.562. The first kappa shape index (κ1) is 15.8. The summed E-state index contributed by atoms with van der Waals surface area (Å²) in [5, 5.41) is 0.394. The van der Waals surface area contributed by atoms with Crippen LogP contribution in [-0.4, -0.2) is 13.1 Å². The van der Waals surface area contributed by atoms with Crippen LogP contribution in [-0.2, 0) is 0 Å². The quantitative estimate of drug-likeness (QED) is 0.891. The van der Waals surface area contributed by atoms with Crippen molar-refractivity contribution in [1.82, 2.24) is 0 Å². The predicted octanol–water partition coefficient (Wildman–Crippen LogP) is 4.31. The normalized spacial score (nSPS) is 12.2. The topological polar surface area (TPSA) is 29.3 Å². The Hall–Kier alpha value is -1.58. The third kappa shape index (κ3) is 3.55. The van der Waals surface area contributed by atoms with Gasteiger partial charge in [-0.15, -0.1) is 0 Å². The number of likely N-dealkylation sites (N-methyl/N-ethyl adjacent to an activating group) is 1. The van der Waals surface area contributed by atoms with E-state index in [1.54, 1.807) is 12.1 Å². The number of nitrogens with zero attached hydrogens (tertiary/aromatic N) is 1. The SMILES string of the molecule is CCN(c1ccc(C)cc1)C(CN)c1ccc(Cl)cc1F. The van der Waals surface area contributed by atoms with Crippen molar-refractivity contribution in [2.45, 2.75) is 19.9 Å². The molecule has 2 aromatic carbocycles. The zero-order valence-electron chi connectivity index (χ0n) is 12.3. The van der Waals surface area contributed by atoms with Crippen LogP contribution in [0, 0.1) is 12.7 Å². The summed E-state index contributed by atoms with van der Waals surface area (Å²) >= 11 is 5.83. The number of anilines is 1. The van der Waals surface area contributed by atoms with Gasteiger partial charge < -0.3 is 10.6 Å². The van der Waals surface area contributed by atoms with E-state index in [1.165, 1.54) is 11.6 Å². The lowest BCUT2D eigenvalue weighted by Crippen LogP contribution is -2.34. The highest BCUT2D eigenvalue weighted by Gasteiger charge is 2.21. The van der Waals surface area contributed by atoms with Crippen LogP contribution in [0.15, 0.2) is 42.5 Å². The maximum atomic E-state index is 14.2. The molecule has 0 spiro atoms. The molecule has 0 fully saturated rings. The molecule has 0 aliphatic carbocycles. The van der Waals surface area contributed by atoms with Gasteiger partial charge in [0.1, 0.15) is 5.82 Å². The Morgan fingerprint density at radius 3 is 2.38 bits per heavy atom. The van der Waals surface area contributed by atoms with Gasteiger partial charge in [0.25, 0.3) is 0 Å². The molecule has 21 heavy (non-hydrogen) atoms. The van der Waals surface area contributed by atoms with E-state index in [4.69, 9.17) is 17.3 Å². The molecule has 0 saturated carbocycles. The summed E-state index contributed by atoms with van der Waals surface area (Å²) in [4.78, 5) is 2.10. The van der Waals surface area contributed by atoms with Crippen molar-refractivity contribution < 1.29 is 4.39 Å². The van der Waals surface area contributed by atoms with Gasteiger partial charge in [0, 0.05) is 29.4 Å². The number of aryl methyl sites for hydroxylation is 1. The lowest BCUT2D eigenvalue weighted by atomic mass is 10.0. The molecule has 2 rings (SSSR count). The van der Waals surface area contributed by atoms with E-state index in [2.05, 4.69) is 4.90 Å². The summed E-state index contributed by atoms with van der Waals surface area (Å²) in [6, 6.07) is 12.7. The van der Waals surface area contributed by atoms with E-state index in [0.717, 1.165) is 12.2 Å².